The summed E-state index contributed by atoms with van der Waals surface area (Å²) in [5, 5.41) is 3.49. The van der Waals surface area contributed by atoms with Crippen molar-refractivity contribution in [3.05, 3.63) is 45.6 Å². The lowest BCUT2D eigenvalue weighted by Gasteiger charge is -2.24. The molecule has 2 heterocycles. The van der Waals surface area contributed by atoms with Gasteiger partial charge in [-0.2, -0.15) is 0 Å². The molecule has 0 spiro atoms. The molecule has 0 aromatic carbocycles. The summed E-state index contributed by atoms with van der Waals surface area (Å²) in [6.07, 6.45) is 6.23. The Kier molecular flexibility index (Phi) is 2.18. The van der Waals surface area contributed by atoms with Crippen LogP contribution in [-0.2, 0) is 0 Å². The molecule has 3 heteroatoms. The first-order valence-corrected chi connectivity index (χ1v) is 6.23. The lowest BCUT2D eigenvalue weighted by molar-refractivity contribution is 0.754. The number of aryl methyl sites for hydroxylation is 1. The fraction of sp³-hybridized carbons (Fsp3) is 0.308. The fourth-order valence-electron chi connectivity index (χ4n) is 2.46. The number of nitrogens with one attached hydrogen (secondary N) is 1. The second-order valence-electron chi connectivity index (χ2n) is 4.51. The summed E-state index contributed by atoms with van der Waals surface area (Å²) in [6.45, 7) is 4.25. The maximum absolute atomic E-state index is 4.47. The Morgan fingerprint density at radius 1 is 1.31 bits per heavy atom. The molecular weight excluding hydrogens is 264 g/mol. The number of fused-ring (bicyclic) bond motifs is 3. The van der Waals surface area contributed by atoms with E-state index in [0.717, 1.165) is 5.82 Å². The summed E-state index contributed by atoms with van der Waals surface area (Å²) in [5.74, 6) is 1.42. The first-order chi connectivity index (χ1) is 7.66. The highest BCUT2D eigenvalue weighted by molar-refractivity contribution is 9.11. The predicted molar refractivity (Wildman–Crippen MR) is 69.9 cm³/mol. The van der Waals surface area contributed by atoms with Crippen molar-refractivity contribution >= 4 is 21.7 Å². The van der Waals surface area contributed by atoms with Gasteiger partial charge in [0.05, 0.1) is 6.04 Å². The van der Waals surface area contributed by atoms with Crippen molar-refractivity contribution in [1.29, 1.82) is 0 Å². The van der Waals surface area contributed by atoms with E-state index < -0.39 is 0 Å². The van der Waals surface area contributed by atoms with Crippen molar-refractivity contribution in [3.63, 3.8) is 0 Å². The van der Waals surface area contributed by atoms with E-state index in [9.17, 15) is 0 Å². The predicted octanol–water partition coefficient (Wildman–Crippen LogP) is 3.51. The van der Waals surface area contributed by atoms with E-state index in [4.69, 9.17) is 0 Å². The van der Waals surface area contributed by atoms with E-state index in [1.54, 1.807) is 0 Å². The molecule has 0 saturated carbocycles. The van der Waals surface area contributed by atoms with Crippen LogP contribution in [0, 0.1) is 6.92 Å². The minimum atomic E-state index is 0.365. The number of aromatic nitrogens is 1. The molecule has 3 rings (SSSR count). The third-order valence-corrected chi connectivity index (χ3v) is 4.07. The average molecular weight is 277 g/mol. The zero-order valence-corrected chi connectivity index (χ0v) is 10.9. The van der Waals surface area contributed by atoms with Gasteiger partial charge in [-0.05, 0) is 19.4 Å². The molecule has 1 aliphatic heterocycles. The number of rotatable bonds is 0. The molecule has 0 bridgehead atoms. The van der Waals surface area contributed by atoms with E-state index in [-0.39, 0.29) is 0 Å². The van der Waals surface area contributed by atoms with Crippen LogP contribution in [0.15, 0.2) is 34.5 Å². The molecule has 0 amide bonds. The molecule has 82 valence electrons. The minimum Gasteiger partial charge on any atom is -0.362 e. The number of allylic oxidation sites excluding steroid dienone is 2. The first kappa shape index (κ1) is 10.1. The minimum absolute atomic E-state index is 0.365. The van der Waals surface area contributed by atoms with Gasteiger partial charge in [-0.3, -0.25) is 0 Å². The van der Waals surface area contributed by atoms with Crippen molar-refractivity contribution in [2.24, 2.45) is 0 Å². The van der Waals surface area contributed by atoms with Crippen molar-refractivity contribution in [1.82, 2.24) is 4.98 Å². The third kappa shape index (κ3) is 1.34. The van der Waals surface area contributed by atoms with E-state index in [1.807, 2.05) is 6.20 Å². The quantitative estimate of drug-likeness (QED) is 0.785. The Bertz CT molecular complexity index is 517. The highest BCUT2D eigenvalue weighted by Crippen LogP contribution is 2.46. The molecule has 2 aliphatic rings. The average Bonchev–Trinajstić information content (AvgIpc) is 2.63. The highest BCUT2D eigenvalue weighted by Gasteiger charge is 2.37. The lowest BCUT2D eigenvalue weighted by atomic mass is 9.87. The van der Waals surface area contributed by atoms with Gasteiger partial charge in [-0.25, -0.2) is 4.98 Å². The standard InChI is InChI=1S/C13H13BrN2/c1-7-5-9-11-10(14)4-3-8(2)12(11)16-13(9)15-6-7/h3-6,11-12H,1-2H3,(H,15,16). The van der Waals surface area contributed by atoms with Gasteiger partial charge in [0.15, 0.2) is 0 Å². The van der Waals surface area contributed by atoms with Gasteiger partial charge in [0.2, 0.25) is 0 Å². The molecule has 1 aromatic heterocycles. The summed E-state index contributed by atoms with van der Waals surface area (Å²) in [7, 11) is 0. The Hall–Kier alpha value is -1.09. The zero-order chi connectivity index (χ0) is 11.3. The topological polar surface area (TPSA) is 24.9 Å². The SMILES string of the molecule is CC1=CC=C(Br)C2c3cc(C)cnc3NC12. The molecule has 0 radical (unpaired) electrons. The normalized spacial score (nSPS) is 26.4. The maximum atomic E-state index is 4.47. The van der Waals surface area contributed by atoms with Crippen molar-refractivity contribution in [2.45, 2.75) is 25.8 Å². The van der Waals surface area contributed by atoms with Crippen LogP contribution in [0.4, 0.5) is 5.82 Å². The fourth-order valence-corrected chi connectivity index (χ4v) is 3.11. The molecule has 0 saturated heterocycles. The summed E-state index contributed by atoms with van der Waals surface area (Å²) in [4.78, 5) is 4.47. The smallest absolute Gasteiger partial charge is 0.130 e. The Labute approximate surface area is 104 Å². The molecule has 1 aliphatic carbocycles. The number of hydrogen-bond acceptors (Lipinski definition) is 2. The van der Waals surface area contributed by atoms with E-state index in [0.29, 0.717) is 12.0 Å². The van der Waals surface area contributed by atoms with Crippen LogP contribution >= 0.6 is 15.9 Å². The second-order valence-corrected chi connectivity index (χ2v) is 5.43. The van der Waals surface area contributed by atoms with Gasteiger partial charge < -0.3 is 5.32 Å². The molecular formula is C13H13BrN2. The molecule has 0 fully saturated rings. The number of halogens is 1. The summed E-state index contributed by atoms with van der Waals surface area (Å²) in [6, 6.07) is 2.59. The van der Waals surface area contributed by atoms with Crippen LogP contribution in [0.25, 0.3) is 0 Å². The van der Waals surface area contributed by atoms with Crippen LogP contribution in [0.2, 0.25) is 0 Å². The second kappa shape index (κ2) is 3.45. The van der Waals surface area contributed by atoms with Crippen molar-refractivity contribution in [3.8, 4) is 0 Å². The summed E-state index contributed by atoms with van der Waals surface area (Å²) >= 11 is 3.67. The third-order valence-electron chi connectivity index (χ3n) is 3.31. The van der Waals surface area contributed by atoms with Gasteiger partial charge in [-0.15, -0.1) is 0 Å². The van der Waals surface area contributed by atoms with Crippen molar-refractivity contribution in [2.75, 3.05) is 5.32 Å². The van der Waals surface area contributed by atoms with Crippen LogP contribution in [0.3, 0.4) is 0 Å². The molecule has 2 atom stereocenters. The Balaban J connectivity index is 2.15. The number of pyridine rings is 1. The van der Waals surface area contributed by atoms with Gasteiger partial charge in [-0.1, -0.05) is 39.7 Å². The van der Waals surface area contributed by atoms with Gasteiger partial charge in [0, 0.05) is 22.2 Å². The van der Waals surface area contributed by atoms with E-state index in [2.05, 4.69) is 58.3 Å². The summed E-state index contributed by atoms with van der Waals surface area (Å²) < 4.78 is 1.24. The molecule has 16 heavy (non-hydrogen) atoms. The van der Waals surface area contributed by atoms with Crippen LogP contribution in [0.1, 0.15) is 24.0 Å². The largest absolute Gasteiger partial charge is 0.362 e. The molecule has 1 aromatic rings. The van der Waals surface area contributed by atoms with E-state index >= 15 is 0 Å². The van der Waals surface area contributed by atoms with Gasteiger partial charge >= 0.3 is 0 Å². The maximum Gasteiger partial charge on any atom is 0.130 e. The molecule has 2 unspecified atom stereocenters. The monoisotopic (exact) mass is 276 g/mol. The zero-order valence-electron chi connectivity index (χ0n) is 9.29. The Morgan fingerprint density at radius 2 is 2.12 bits per heavy atom. The van der Waals surface area contributed by atoms with Crippen LogP contribution in [-0.4, -0.2) is 11.0 Å². The number of nitrogens with zero attached hydrogens (tertiary/aromatic N) is 1. The van der Waals surface area contributed by atoms with E-state index in [1.165, 1.54) is 21.2 Å². The Morgan fingerprint density at radius 3 is 2.94 bits per heavy atom. The molecule has 1 N–H and O–H groups in total. The van der Waals surface area contributed by atoms with Crippen molar-refractivity contribution < 1.29 is 0 Å². The first-order valence-electron chi connectivity index (χ1n) is 5.44. The van der Waals surface area contributed by atoms with Crippen LogP contribution < -0.4 is 5.32 Å². The van der Waals surface area contributed by atoms with Gasteiger partial charge in [0.1, 0.15) is 5.82 Å². The van der Waals surface area contributed by atoms with Gasteiger partial charge in [0.25, 0.3) is 0 Å². The summed E-state index contributed by atoms with van der Waals surface area (Å²) in [5.41, 5.74) is 3.89. The van der Waals surface area contributed by atoms with Crippen LogP contribution in [0.5, 0.6) is 0 Å². The lowest BCUT2D eigenvalue weighted by Crippen LogP contribution is -2.24. The number of hydrogen-bond donors (Lipinski definition) is 1. The number of anilines is 1. The highest BCUT2D eigenvalue weighted by atomic mass is 79.9. The molecule has 2 nitrogen and oxygen atoms in total.